The zero-order valence-electron chi connectivity index (χ0n) is 68.1. The second-order valence-electron chi connectivity index (χ2n) is 31.5. The largest absolute Gasteiger partial charge is 0.397 e. The third kappa shape index (κ3) is 18.2. The number of aromatic nitrogens is 21. The first-order chi connectivity index (χ1) is 64.5. The van der Waals surface area contributed by atoms with E-state index < -0.39 is 234 Å². The van der Waals surface area contributed by atoms with Gasteiger partial charge < -0.3 is 120 Å². The van der Waals surface area contributed by atoms with Gasteiger partial charge in [0.25, 0.3) is 16.7 Å². The summed E-state index contributed by atoms with van der Waals surface area (Å²) in [5, 5.41) is 30.2. The van der Waals surface area contributed by atoms with Crippen LogP contribution in [-0.4, -0.2) is 296 Å². The van der Waals surface area contributed by atoms with E-state index in [0.29, 0.717) is 39.3 Å². The Balaban J connectivity index is 0.000000126. The summed E-state index contributed by atoms with van der Waals surface area (Å²) in [6.45, 7) is -28.2. The first-order valence-electron chi connectivity index (χ1n) is 39.7. The summed E-state index contributed by atoms with van der Waals surface area (Å²) in [6, 6.07) is 4.68. The molecular formula is C64H73F2N27O29P6S8. The van der Waals surface area contributed by atoms with Gasteiger partial charge in [-0.05, 0) is 77.2 Å². The van der Waals surface area contributed by atoms with E-state index in [-0.39, 0.29) is 75.8 Å². The zero-order chi connectivity index (χ0) is 95.8. The van der Waals surface area contributed by atoms with Crippen LogP contribution in [0.15, 0.2) is 89.1 Å². The molecule has 30 atom stereocenters. The minimum Gasteiger partial charge on any atom is -0.397 e. The van der Waals surface area contributed by atoms with Crippen LogP contribution in [-0.2, 0) is 142 Å². The van der Waals surface area contributed by atoms with Crippen molar-refractivity contribution in [1.29, 1.82) is 0 Å². The highest BCUT2D eigenvalue weighted by atomic mass is 32.7. The predicted molar refractivity (Wildman–Crippen MR) is 491 cm³/mol. The number of nitrogens with one attached hydrogen (secondary N) is 3. The van der Waals surface area contributed by atoms with Crippen LogP contribution in [0.3, 0.4) is 0 Å². The molecule has 8 bridgehead atoms. The van der Waals surface area contributed by atoms with Gasteiger partial charge in [0.2, 0.25) is 17.8 Å². The molecule has 72 heteroatoms. The highest BCUT2D eigenvalue weighted by Crippen LogP contribution is 2.64. The molecule has 0 aromatic carbocycles. The molecule has 23 N–H and O–H groups in total. The number of thiol groups is 1. The van der Waals surface area contributed by atoms with Crippen molar-refractivity contribution in [3.05, 3.63) is 106 Å². The van der Waals surface area contributed by atoms with Crippen molar-refractivity contribution in [1.82, 2.24) is 102 Å². The van der Waals surface area contributed by atoms with Gasteiger partial charge in [-0.15, -0.1) is 23.5 Å². The Hall–Kier alpha value is -6.90. The van der Waals surface area contributed by atoms with Crippen LogP contribution in [0.5, 0.6) is 0 Å². The predicted octanol–water partition coefficient (Wildman–Crippen LogP) is 0.106. The highest BCUT2D eigenvalue weighted by Gasteiger charge is 2.66. The third-order valence-electron chi connectivity index (χ3n) is 22.9. The summed E-state index contributed by atoms with van der Waals surface area (Å²) in [7, 11) is 0. The number of anilines is 6. The van der Waals surface area contributed by atoms with Crippen molar-refractivity contribution in [3.8, 4) is 0 Å². The number of hydrogen-bond acceptors (Lipinski definition) is 49. The molecule has 56 nitrogen and oxygen atoms in total. The SMILES string of the molecule is Nc1nc2c(ncn2[C@@H]2O[C@@H]3COP(O)(=S)O[C@@H]4C5OC[C@]4(COP(O)(=S)OC2[C@H]3O)O[C@H]5n2cnc3c(N)ccnc32)c(=O)[nH]1.Nc1nc2c(ncn2[C@@H]2S[C@@H]3COP(=O)(S)O[C@H]4[C@H](F)[C@H](n5cnc6c(N)ccnc65)O[C@@H]4COP(O)(=S)O[C@@H]2[C@@H]3O)c(=O)[nH]1.Nc1nc2c(ncn2[C@@H]2S[C@@H]3COP(O)(=S)O[C@H]4[C@H](F)[C@H](n5cnc6c(N)ccnc65)O[C@@H]4COP(O)(=S)O[C@@H]2[C@@H]3O)c(=O)[nH]1. The molecule has 0 saturated carbocycles. The molecule has 0 amide bonds. The first kappa shape index (κ1) is 96.6. The number of H-pyrrole nitrogens is 3. The fourth-order valence-electron chi connectivity index (χ4n) is 16.7. The van der Waals surface area contributed by atoms with Gasteiger partial charge in [0.15, 0.2) is 87.7 Å². The molecule has 0 radical (unpaired) electrons. The Morgan fingerprint density at radius 2 is 0.765 bits per heavy atom. The summed E-state index contributed by atoms with van der Waals surface area (Å²) in [5.41, 5.74) is 34.9. The Morgan fingerprint density at radius 1 is 0.412 bits per heavy atom. The number of nitrogen functional groups attached to an aromatic ring is 6. The Labute approximate surface area is 795 Å². The van der Waals surface area contributed by atoms with E-state index in [2.05, 4.69) is 87.0 Å². The number of halogens is 2. The quantitative estimate of drug-likeness (QED) is 0.0776. The molecule has 730 valence electrons. The number of aromatic amines is 3. The van der Waals surface area contributed by atoms with Gasteiger partial charge in [-0.1, -0.05) is 12.2 Å². The number of fused-ring (bicyclic) bond motifs is 14. The van der Waals surface area contributed by atoms with E-state index in [0.717, 1.165) is 23.5 Å². The highest BCUT2D eigenvalue weighted by molar-refractivity contribution is 8.44. The molecular weight excluding hydrogens is 2090 g/mol. The molecule has 22 rings (SSSR count). The van der Waals surface area contributed by atoms with E-state index >= 15 is 8.78 Å². The van der Waals surface area contributed by atoms with E-state index in [1.165, 1.54) is 91.5 Å². The van der Waals surface area contributed by atoms with Crippen molar-refractivity contribution >= 4 is 237 Å². The maximum absolute atomic E-state index is 16.1. The third-order valence-corrected chi connectivity index (χ3v) is 35.4. The van der Waals surface area contributed by atoms with Crippen LogP contribution in [0.1, 0.15) is 35.7 Å². The van der Waals surface area contributed by atoms with Crippen molar-refractivity contribution in [2.24, 2.45) is 0 Å². The Bertz CT molecular complexity index is 6970. The summed E-state index contributed by atoms with van der Waals surface area (Å²) >= 11 is 32.7. The topological polar surface area (TPSA) is 775 Å². The smallest absolute Gasteiger partial charge is 0.386 e. The lowest BCUT2D eigenvalue weighted by molar-refractivity contribution is -0.183. The van der Waals surface area contributed by atoms with Crippen molar-refractivity contribution in [2.45, 2.75) is 143 Å². The summed E-state index contributed by atoms with van der Waals surface area (Å²) < 4.78 is 153. The fraction of sp³-hybridized carbons (Fsp3) is 0.484. The van der Waals surface area contributed by atoms with E-state index in [1.54, 1.807) is 10.6 Å². The number of rotatable bonds is 6. The van der Waals surface area contributed by atoms with E-state index in [1.807, 2.05) is 0 Å². The second-order valence-corrected chi connectivity index (χ2v) is 51.0. The zero-order valence-corrected chi connectivity index (χ0v) is 80.0. The van der Waals surface area contributed by atoms with Crippen LogP contribution >= 0.6 is 76.2 Å². The van der Waals surface area contributed by atoms with Crippen LogP contribution in [0.25, 0.3) is 67.0 Å². The molecule has 10 fully saturated rings. The van der Waals surface area contributed by atoms with E-state index in [9.17, 15) is 58.7 Å². The number of hydrogen-bond donors (Lipinski definition) is 18. The fourth-order valence-corrected chi connectivity index (χ4v) is 28.8. The van der Waals surface area contributed by atoms with Gasteiger partial charge in [0.05, 0.1) is 124 Å². The summed E-state index contributed by atoms with van der Waals surface area (Å²) in [5.74, 6) is -0.557. The standard InChI is InChI=1S/C22H25N9O11P2S2.2C21H24FN9O9P2S3/c23-8-1-2-25-16-10(8)26-6-30(16)20-14-15-22(40-20,4-36-14)5-38-44(35,46)41-13-12(32)9(3-37-43(34,45)42-15)39-19(13)31-7-27-11-17(31)28-21(24)29-18(11)33;2*22-10-14-8(38-19(10)30-5-26-11-7(23)1-2-25-16(11)30)3-36-41(34,43)40-15-13(32)9(4-37-42(35,44)39-14)45-20(15)31-6-27-12-17(31)28-21(24)29-18(12)33/h1-2,6-7,9,12-15,19-20,32H,3-5H2,(H2,23,25)(H,34,45)(H,35,46)(H3,24,28,29,33);2*1-2,5-6,8-10,13-15,19-20,32H,3-4H2,(H2,23,25)(H,34,43)(H,35,44)(H3,24,28,29,33)/t9-,12+,13?,14?,15-,19-,20-,22-,43?,44?;2*8-,9-,10+,13-,14-,15-,19-,20-,41?,42?/m111/s1. The summed E-state index contributed by atoms with van der Waals surface area (Å²) in [4.78, 5) is 150. The number of pyridine rings is 3. The number of thioether (sulfide) groups is 2. The molecule has 10 saturated heterocycles. The molecule has 0 aliphatic carbocycles. The van der Waals surface area contributed by atoms with Gasteiger partial charge in [-0.2, -0.15) is 15.0 Å². The lowest BCUT2D eigenvalue weighted by atomic mass is 10.0. The minimum absolute atomic E-state index is 0.00190. The number of aliphatic hydroxyl groups is 3. The molecule has 12 aromatic heterocycles. The van der Waals surface area contributed by atoms with Crippen molar-refractivity contribution in [2.75, 3.05) is 80.7 Å². The van der Waals surface area contributed by atoms with Gasteiger partial charge in [-0.3, -0.25) is 88.4 Å². The number of nitrogens with zero attached hydrogens (tertiary/aromatic N) is 18. The average Bonchev–Trinajstić information content (AvgIpc) is 1.55. The molecule has 136 heavy (non-hydrogen) atoms. The monoisotopic (exact) mass is 2160 g/mol. The number of ether oxygens (including phenoxy) is 5. The van der Waals surface area contributed by atoms with Gasteiger partial charge in [-0.25, -0.2) is 58.2 Å². The lowest BCUT2D eigenvalue weighted by Gasteiger charge is -2.33. The second kappa shape index (κ2) is 36.5. The first-order valence-corrected chi connectivity index (χ1v) is 57.2. The van der Waals surface area contributed by atoms with Crippen LogP contribution < -0.4 is 51.1 Å². The minimum atomic E-state index is -4.32. The van der Waals surface area contributed by atoms with Crippen molar-refractivity contribution in [3.63, 3.8) is 0 Å². The van der Waals surface area contributed by atoms with Gasteiger partial charge in [0, 0.05) is 18.6 Å². The molecule has 0 spiro atoms. The molecule has 12 aromatic rings. The summed E-state index contributed by atoms with van der Waals surface area (Å²) in [6.07, 6.45) is -13.8. The number of nitrogens with two attached hydrogens (primary N) is 6. The number of aliphatic hydroxyl groups excluding tert-OH is 3. The van der Waals surface area contributed by atoms with Crippen LogP contribution in [0.2, 0.25) is 0 Å². The van der Waals surface area contributed by atoms with Gasteiger partial charge >= 0.3 is 40.4 Å². The van der Waals surface area contributed by atoms with Crippen LogP contribution in [0, 0.1) is 0 Å². The Kier molecular flexibility index (Phi) is 25.9. The maximum atomic E-state index is 16.1. The average molecular weight is 2160 g/mol. The van der Waals surface area contributed by atoms with Crippen molar-refractivity contribution < 1.29 is 131 Å². The lowest BCUT2D eigenvalue weighted by Crippen LogP contribution is -2.45. The normalized spacial score (nSPS) is 38.4. The molecule has 10 aliphatic heterocycles. The molecule has 10 aliphatic rings. The number of alkyl halides is 2. The van der Waals surface area contributed by atoms with Crippen LogP contribution in [0.4, 0.5) is 43.7 Å². The maximum Gasteiger partial charge on any atom is 0.386 e. The van der Waals surface area contributed by atoms with Gasteiger partial charge in [0.1, 0.15) is 100 Å². The number of imidazole rings is 6. The molecule has 8 unspecified atom stereocenters. The molecule has 22 heterocycles. The Morgan fingerprint density at radius 3 is 1.22 bits per heavy atom. The van der Waals surface area contributed by atoms with E-state index in [4.69, 9.17) is 171 Å².